The monoisotopic (exact) mass is 338 g/mol. The van der Waals surface area contributed by atoms with Gasteiger partial charge in [0, 0.05) is 17.6 Å². The molecule has 0 saturated heterocycles. The molecule has 2 rings (SSSR count). The van der Waals surface area contributed by atoms with Crippen LogP contribution in [-0.4, -0.2) is 32.5 Å². The van der Waals surface area contributed by atoms with Gasteiger partial charge < -0.3 is 10.4 Å². The van der Waals surface area contributed by atoms with Gasteiger partial charge in [-0.3, -0.25) is 14.8 Å². The normalized spacial score (nSPS) is 13.7. The van der Waals surface area contributed by atoms with Crippen LogP contribution >= 0.6 is 11.6 Å². The van der Waals surface area contributed by atoms with Crippen LogP contribution in [-0.2, 0) is 6.54 Å². The summed E-state index contributed by atoms with van der Waals surface area (Å²) in [5.41, 5.74) is 0.970. The lowest BCUT2D eigenvalue weighted by atomic mass is 10.0. The number of nitro groups is 1. The number of benzene rings is 1. The van der Waals surface area contributed by atoms with Gasteiger partial charge in [-0.25, -0.2) is 0 Å². The van der Waals surface area contributed by atoms with E-state index in [4.69, 9.17) is 11.6 Å². The molecule has 8 heteroatoms. The van der Waals surface area contributed by atoms with Crippen LogP contribution in [0.3, 0.4) is 0 Å². The molecule has 0 radical (unpaired) electrons. The van der Waals surface area contributed by atoms with Gasteiger partial charge in [0.05, 0.1) is 17.6 Å². The van der Waals surface area contributed by atoms with Crippen molar-refractivity contribution >= 4 is 17.3 Å². The van der Waals surface area contributed by atoms with Gasteiger partial charge in [-0.2, -0.15) is 5.10 Å². The first-order valence-electron chi connectivity index (χ1n) is 7.33. The molecule has 0 aliphatic rings. The molecule has 0 aliphatic heterocycles. The van der Waals surface area contributed by atoms with Crippen molar-refractivity contribution in [3.63, 3.8) is 0 Å². The molecule has 0 bridgehead atoms. The second-order valence-corrected chi connectivity index (χ2v) is 5.69. The van der Waals surface area contributed by atoms with Gasteiger partial charge in [0.2, 0.25) is 0 Å². The van der Waals surface area contributed by atoms with Gasteiger partial charge >= 0.3 is 5.69 Å². The predicted octanol–water partition coefficient (Wildman–Crippen LogP) is 2.55. The van der Waals surface area contributed by atoms with Crippen molar-refractivity contribution in [1.82, 2.24) is 15.1 Å². The van der Waals surface area contributed by atoms with Crippen LogP contribution in [0.1, 0.15) is 24.9 Å². The van der Waals surface area contributed by atoms with E-state index in [2.05, 4.69) is 10.4 Å². The molecule has 1 heterocycles. The SMILES string of the molecule is CCC(NCC(O)Cn1cc([N+](=O)[O-])cn1)c1cccc(Cl)c1. The Kier molecular flexibility index (Phi) is 6.09. The van der Waals surface area contributed by atoms with E-state index in [9.17, 15) is 15.2 Å². The highest BCUT2D eigenvalue weighted by atomic mass is 35.5. The summed E-state index contributed by atoms with van der Waals surface area (Å²) in [5.74, 6) is 0. The molecule has 1 aromatic carbocycles. The Balaban J connectivity index is 1.89. The van der Waals surface area contributed by atoms with Crippen LogP contribution < -0.4 is 5.32 Å². The fourth-order valence-electron chi connectivity index (χ4n) is 2.33. The Bertz CT molecular complexity index is 662. The molecular weight excluding hydrogens is 320 g/mol. The van der Waals surface area contributed by atoms with Gasteiger partial charge in [0.1, 0.15) is 12.4 Å². The number of nitrogens with zero attached hydrogens (tertiary/aromatic N) is 3. The molecule has 2 unspecified atom stereocenters. The Morgan fingerprint density at radius 2 is 2.30 bits per heavy atom. The second kappa shape index (κ2) is 8.05. The fraction of sp³-hybridized carbons (Fsp3) is 0.400. The molecule has 0 amide bonds. The Hall–Kier alpha value is -1.96. The van der Waals surface area contributed by atoms with Crippen LogP contribution in [0.5, 0.6) is 0 Å². The molecule has 2 aromatic rings. The van der Waals surface area contributed by atoms with Crippen molar-refractivity contribution < 1.29 is 10.0 Å². The molecule has 1 aromatic heterocycles. The first-order chi connectivity index (χ1) is 11.0. The minimum absolute atomic E-state index is 0.0790. The molecule has 124 valence electrons. The average molecular weight is 339 g/mol. The number of nitrogens with one attached hydrogen (secondary N) is 1. The van der Waals surface area contributed by atoms with Crippen molar-refractivity contribution in [3.8, 4) is 0 Å². The molecule has 0 spiro atoms. The van der Waals surface area contributed by atoms with Crippen molar-refractivity contribution in [1.29, 1.82) is 0 Å². The number of hydrogen-bond acceptors (Lipinski definition) is 5. The van der Waals surface area contributed by atoms with Crippen LogP contribution in [0.25, 0.3) is 0 Å². The fourth-order valence-corrected chi connectivity index (χ4v) is 2.53. The Morgan fingerprint density at radius 1 is 1.52 bits per heavy atom. The number of rotatable bonds is 8. The van der Waals surface area contributed by atoms with E-state index in [1.165, 1.54) is 17.1 Å². The molecule has 23 heavy (non-hydrogen) atoms. The lowest BCUT2D eigenvalue weighted by Crippen LogP contribution is -2.33. The van der Waals surface area contributed by atoms with E-state index in [1.807, 2.05) is 31.2 Å². The number of aliphatic hydroxyl groups excluding tert-OH is 1. The van der Waals surface area contributed by atoms with E-state index >= 15 is 0 Å². The van der Waals surface area contributed by atoms with Gasteiger partial charge in [-0.1, -0.05) is 30.7 Å². The summed E-state index contributed by atoms with van der Waals surface area (Å²) < 4.78 is 1.37. The molecular formula is C15H19ClN4O3. The molecule has 2 N–H and O–H groups in total. The van der Waals surface area contributed by atoms with E-state index in [1.54, 1.807) is 0 Å². The molecule has 0 saturated carbocycles. The van der Waals surface area contributed by atoms with Gasteiger partial charge in [-0.05, 0) is 24.1 Å². The summed E-state index contributed by atoms with van der Waals surface area (Å²) in [7, 11) is 0. The predicted molar refractivity (Wildman–Crippen MR) is 87.4 cm³/mol. The summed E-state index contributed by atoms with van der Waals surface area (Å²) >= 11 is 6.00. The van der Waals surface area contributed by atoms with E-state index < -0.39 is 11.0 Å². The number of hydrogen-bond donors (Lipinski definition) is 2. The van der Waals surface area contributed by atoms with Crippen LogP contribution in [0.2, 0.25) is 5.02 Å². The summed E-state index contributed by atoms with van der Waals surface area (Å²) in [6.45, 7) is 2.58. The zero-order valence-electron chi connectivity index (χ0n) is 12.7. The minimum atomic E-state index is -0.706. The first kappa shape index (κ1) is 17.4. The van der Waals surface area contributed by atoms with Crippen molar-refractivity contribution in [2.45, 2.75) is 32.0 Å². The zero-order valence-corrected chi connectivity index (χ0v) is 13.5. The van der Waals surface area contributed by atoms with Crippen LogP contribution in [0, 0.1) is 10.1 Å². The number of aliphatic hydroxyl groups is 1. The second-order valence-electron chi connectivity index (χ2n) is 5.26. The highest BCUT2D eigenvalue weighted by molar-refractivity contribution is 6.30. The topological polar surface area (TPSA) is 93.2 Å². The van der Waals surface area contributed by atoms with E-state index in [0.717, 1.165) is 12.0 Å². The van der Waals surface area contributed by atoms with Crippen molar-refractivity contribution in [3.05, 3.63) is 57.4 Å². The van der Waals surface area contributed by atoms with E-state index in [-0.39, 0.29) is 18.3 Å². The largest absolute Gasteiger partial charge is 0.390 e. The molecule has 0 aliphatic carbocycles. The lowest BCUT2D eigenvalue weighted by molar-refractivity contribution is -0.385. The van der Waals surface area contributed by atoms with Crippen LogP contribution in [0.15, 0.2) is 36.7 Å². The number of aromatic nitrogens is 2. The summed E-state index contributed by atoms with van der Waals surface area (Å²) in [6, 6.07) is 7.66. The van der Waals surface area contributed by atoms with Crippen molar-refractivity contribution in [2.75, 3.05) is 6.54 Å². The summed E-state index contributed by atoms with van der Waals surface area (Å²) in [6.07, 6.45) is 2.61. The maximum absolute atomic E-state index is 10.6. The maximum atomic E-state index is 10.6. The van der Waals surface area contributed by atoms with Crippen LogP contribution in [0.4, 0.5) is 5.69 Å². The van der Waals surface area contributed by atoms with Gasteiger partial charge in [0.15, 0.2) is 0 Å². The van der Waals surface area contributed by atoms with Crippen molar-refractivity contribution in [2.24, 2.45) is 0 Å². The van der Waals surface area contributed by atoms with Gasteiger partial charge in [0.25, 0.3) is 0 Å². The average Bonchev–Trinajstić information content (AvgIpc) is 2.96. The lowest BCUT2D eigenvalue weighted by Gasteiger charge is -2.20. The molecule has 2 atom stereocenters. The number of halogens is 1. The highest BCUT2D eigenvalue weighted by Gasteiger charge is 2.14. The first-order valence-corrected chi connectivity index (χ1v) is 7.71. The molecule has 7 nitrogen and oxygen atoms in total. The summed E-state index contributed by atoms with van der Waals surface area (Å²) in [5, 5.41) is 28.5. The van der Waals surface area contributed by atoms with Gasteiger partial charge in [-0.15, -0.1) is 0 Å². The third-order valence-corrected chi connectivity index (χ3v) is 3.72. The Morgan fingerprint density at radius 3 is 2.91 bits per heavy atom. The maximum Gasteiger partial charge on any atom is 0.306 e. The van der Waals surface area contributed by atoms with E-state index in [0.29, 0.717) is 11.6 Å². The third kappa shape index (κ3) is 5.02. The quantitative estimate of drug-likeness (QED) is 0.570. The molecule has 0 fully saturated rings. The zero-order chi connectivity index (χ0) is 16.8. The highest BCUT2D eigenvalue weighted by Crippen LogP contribution is 2.20. The Labute approximate surface area is 139 Å². The smallest absolute Gasteiger partial charge is 0.306 e. The third-order valence-electron chi connectivity index (χ3n) is 3.49. The standard InChI is InChI=1S/C15H19ClN4O3/c1-2-15(11-4-3-5-12(16)6-11)17-8-14(21)10-19-9-13(7-18-19)20(22)23/h3-7,9,14-15,17,21H,2,8,10H2,1H3. The summed E-state index contributed by atoms with van der Waals surface area (Å²) in [4.78, 5) is 10.1. The minimum Gasteiger partial charge on any atom is -0.390 e.